The van der Waals surface area contributed by atoms with E-state index in [-0.39, 0.29) is 17.5 Å². The van der Waals surface area contributed by atoms with Gasteiger partial charge in [0.1, 0.15) is 5.69 Å². The molecule has 1 aromatic rings. The molecule has 0 bridgehead atoms. The molecule has 0 spiro atoms. The number of anilines is 1. The molecule has 8 nitrogen and oxygen atoms in total. The maximum Gasteiger partial charge on any atom is 0.293 e. The number of benzene rings is 1. The maximum atomic E-state index is 12.8. The predicted molar refractivity (Wildman–Crippen MR) is 102 cm³/mol. The van der Waals surface area contributed by atoms with Crippen molar-refractivity contribution in [1.82, 2.24) is 10.2 Å². The molecular formula is C19H26N4O4. The number of nitro benzene ring substituents is 1. The Morgan fingerprint density at radius 2 is 1.85 bits per heavy atom. The summed E-state index contributed by atoms with van der Waals surface area (Å²) in [5.41, 5.74) is 0.969. The maximum absolute atomic E-state index is 12.8. The second-order valence-corrected chi connectivity index (χ2v) is 7.33. The predicted octanol–water partition coefficient (Wildman–Crippen LogP) is 2.18. The fraction of sp³-hybridized carbons (Fsp3) is 0.579. The van der Waals surface area contributed by atoms with Gasteiger partial charge in [-0.3, -0.25) is 19.7 Å². The Balaban J connectivity index is 1.67. The minimum absolute atomic E-state index is 0.00305. The summed E-state index contributed by atoms with van der Waals surface area (Å²) in [5, 5.41) is 14.3. The largest absolute Gasteiger partial charge is 0.366 e. The first-order chi connectivity index (χ1) is 13.0. The first kappa shape index (κ1) is 19.1. The van der Waals surface area contributed by atoms with Gasteiger partial charge in [0.05, 0.1) is 4.92 Å². The number of carbonyl (C=O) groups is 2. The molecule has 0 unspecified atom stereocenters. The quantitative estimate of drug-likeness (QED) is 0.629. The zero-order valence-corrected chi connectivity index (χ0v) is 15.6. The van der Waals surface area contributed by atoms with Crippen molar-refractivity contribution in [3.63, 3.8) is 0 Å². The number of nitrogens with one attached hydrogen (secondary N) is 1. The van der Waals surface area contributed by atoms with Gasteiger partial charge >= 0.3 is 0 Å². The van der Waals surface area contributed by atoms with Gasteiger partial charge in [0.15, 0.2) is 0 Å². The molecule has 0 saturated carbocycles. The smallest absolute Gasteiger partial charge is 0.293 e. The minimum atomic E-state index is -0.399. The van der Waals surface area contributed by atoms with E-state index >= 15 is 0 Å². The molecule has 8 heteroatoms. The molecule has 1 aromatic carbocycles. The SMILES string of the molecule is CC(=O)NCC1CCN(C(=O)c2ccc(N3CCCC3)c([N+](=O)[O-])c2)CC1. The van der Waals surface area contributed by atoms with Crippen LogP contribution in [0.3, 0.4) is 0 Å². The van der Waals surface area contributed by atoms with Crippen molar-refractivity contribution >= 4 is 23.2 Å². The molecule has 2 saturated heterocycles. The van der Waals surface area contributed by atoms with Crippen LogP contribution in [0.4, 0.5) is 11.4 Å². The van der Waals surface area contributed by atoms with E-state index in [9.17, 15) is 19.7 Å². The Bertz CT molecular complexity index is 722. The van der Waals surface area contributed by atoms with Crippen LogP contribution in [0.2, 0.25) is 0 Å². The molecule has 1 N–H and O–H groups in total. The molecule has 2 heterocycles. The van der Waals surface area contributed by atoms with Crippen LogP contribution in [0.25, 0.3) is 0 Å². The number of rotatable bonds is 5. The highest BCUT2D eigenvalue weighted by Crippen LogP contribution is 2.32. The van der Waals surface area contributed by atoms with Crippen molar-refractivity contribution < 1.29 is 14.5 Å². The van der Waals surface area contributed by atoms with Gasteiger partial charge in [-0.2, -0.15) is 0 Å². The Morgan fingerprint density at radius 3 is 2.44 bits per heavy atom. The average Bonchev–Trinajstić information content (AvgIpc) is 3.20. The molecule has 3 rings (SSSR count). The minimum Gasteiger partial charge on any atom is -0.366 e. The van der Waals surface area contributed by atoms with Crippen LogP contribution in [0.5, 0.6) is 0 Å². The van der Waals surface area contributed by atoms with Gasteiger partial charge in [-0.05, 0) is 43.7 Å². The van der Waals surface area contributed by atoms with Crippen molar-refractivity contribution in [3.05, 3.63) is 33.9 Å². The molecule has 0 aliphatic carbocycles. The van der Waals surface area contributed by atoms with Crippen LogP contribution in [0.1, 0.15) is 43.0 Å². The first-order valence-electron chi connectivity index (χ1n) is 9.53. The van der Waals surface area contributed by atoms with E-state index in [2.05, 4.69) is 5.32 Å². The highest BCUT2D eigenvalue weighted by atomic mass is 16.6. The molecule has 2 fully saturated rings. The number of likely N-dealkylation sites (tertiary alicyclic amines) is 1. The van der Waals surface area contributed by atoms with E-state index in [1.807, 2.05) is 4.90 Å². The van der Waals surface area contributed by atoms with Crippen molar-refractivity contribution in [3.8, 4) is 0 Å². The lowest BCUT2D eigenvalue weighted by molar-refractivity contribution is -0.384. The number of nitrogens with zero attached hydrogens (tertiary/aromatic N) is 3. The van der Waals surface area contributed by atoms with Crippen molar-refractivity contribution in [2.75, 3.05) is 37.6 Å². The van der Waals surface area contributed by atoms with Gasteiger partial charge < -0.3 is 15.1 Å². The lowest BCUT2D eigenvalue weighted by atomic mass is 9.96. The van der Waals surface area contributed by atoms with E-state index in [1.54, 1.807) is 17.0 Å². The third-order valence-corrected chi connectivity index (χ3v) is 5.41. The van der Waals surface area contributed by atoms with Gasteiger partial charge in [-0.25, -0.2) is 0 Å². The summed E-state index contributed by atoms with van der Waals surface area (Å²) in [6.45, 7) is 4.96. The Kier molecular flexibility index (Phi) is 5.93. The lowest BCUT2D eigenvalue weighted by Crippen LogP contribution is -2.41. The number of hydrogen-bond donors (Lipinski definition) is 1. The first-order valence-corrected chi connectivity index (χ1v) is 9.53. The van der Waals surface area contributed by atoms with Gasteiger partial charge in [-0.15, -0.1) is 0 Å². The number of amides is 2. The zero-order chi connectivity index (χ0) is 19.4. The molecule has 0 radical (unpaired) electrons. The van der Waals surface area contributed by atoms with Crippen LogP contribution < -0.4 is 10.2 Å². The summed E-state index contributed by atoms with van der Waals surface area (Å²) in [6, 6.07) is 4.83. The Morgan fingerprint density at radius 1 is 1.19 bits per heavy atom. The van der Waals surface area contributed by atoms with Crippen molar-refractivity contribution in [2.45, 2.75) is 32.6 Å². The average molecular weight is 374 g/mol. The second kappa shape index (κ2) is 8.37. The molecule has 2 amide bonds. The molecule has 2 aliphatic heterocycles. The van der Waals surface area contributed by atoms with Crippen LogP contribution >= 0.6 is 0 Å². The molecule has 2 aliphatic rings. The third kappa shape index (κ3) is 4.56. The van der Waals surface area contributed by atoms with Gasteiger partial charge in [0.25, 0.3) is 11.6 Å². The zero-order valence-electron chi connectivity index (χ0n) is 15.6. The van der Waals surface area contributed by atoms with E-state index in [4.69, 9.17) is 0 Å². The summed E-state index contributed by atoms with van der Waals surface area (Å²) >= 11 is 0. The standard InChI is InChI=1S/C19H26N4O4/c1-14(24)20-13-15-6-10-22(11-7-15)19(25)16-4-5-17(18(12-16)23(26)27)21-8-2-3-9-21/h4-5,12,15H,2-3,6-11,13H2,1H3,(H,20,24). The van der Waals surface area contributed by atoms with Crippen molar-refractivity contribution in [1.29, 1.82) is 0 Å². The topological polar surface area (TPSA) is 95.8 Å². The highest BCUT2D eigenvalue weighted by molar-refractivity contribution is 5.96. The molecule has 146 valence electrons. The van der Waals surface area contributed by atoms with Gasteiger partial charge in [-0.1, -0.05) is 0 Å². The molecule has 0 aromatic heterocycles. The lowest BCUT2D eigenvalue weighted by Gasteiger charge is -2.32. The van der Waals surface area contributed by atoms with E-state index < -0.39 is 4.92 Å². The monoisotopic (exact) mass is 374 g/mol. The fourth-order valence-corrected chi connectivity index (χ4v) is 3.84. The van der Waals surface area contributed by atoms with Crippen LogP contribution in [0, 0.1) is 16.0 Å². The van der Waals surface area contributed by atoms with Gasteiger partial charge in [0.2, 0.25) is 5.91 Å². The van der Waals surface area contributed by atoms with Crippen molar-refractivity contribution in [2.24, 2.45) is 5.92 Å². The van der Waals surface area contributed by atoms with Crippen LogP contribution in [-0.2, 0) is 4.79 Å². The summed E-state index contributed by atoms with van der Waals surface area (Å²) in [5.74, 6) is 0.160. The Hall–Kier alpha value is -2.64. The summed E-state index contributed by atoms with van der Waals surface area (Å²) < 4.78 is 0. The number of nitro groups is 1. The van der Waals surface area contributed by atoms with E-state index in [0.717, 1.165) is 38.8 Å². The highest BCUT2D eigenvalue weighted by Gasteiger charge is 2.27. The number of carbonyl (C=O) groups excluding carboxylic acids is 2. The van der Waals surface area contributed by atoms with Gasteiger partial charge in [0, 0.05) is 51.3 Å². The summed E-state index contributed by atoms with van der Waals surface area (Å²) in [7, 11) is 0. The number of piperidine rings is 1. The van der Waals surface area contributed by atoms with E-state index in [0.29, 0.717) is 36.8 Å². The van der Waals surface area contributed by atoms with Crippen LogP contribution in [0.15, 0.2) is 18.2 Å². The molecule has 0 atom stereocenters. The number of hydrogen-bond acceptors (Lipinski definition) is 5. The Labute approximate surface area is 158 Å². The summed E-state index contributed by atoms with van der Waals surface area (Å²) in [6.07, 6.45) is 3.70. The molecule has 27 heavy (non-hydrogen) atoms. The third-order valence-electron chi connectivity index (χ3n) is 5.41. The van der Waals surface area contributed by atoms with E-state index in [1.165, 1.54) is 13.0 Å². The summed E-state index contributed by atoms with van der Waals surface area (Å²) in [4.78, 5) is 38.7. The normalized spacial score (nSPS) is 17.8. The fourth-order valence-electron chi connectivity index (χ4n) is 3.84. The molecular weight excluding hydrogens is 348 g/mol. The second-order valence-electron chi connectivity index (χ2n) is 7.33. The van der Waals surface area contributed by atoms with Crippen LogP contribution in [-0.4, -0.2) is 54.4 Å².